The maximum absolute atomic E-state index is 2.50. The number of allylic oxidation sites excluding steroid dienone is 2. The highest BCUT2D eigenvalue weighted by atomic mass is 14.3. The van der Waals surface area contributed by atoms with Crippen LogP contribution in [0.4, 0.5) is 0 Å². The van der Waals surface area contributed by atoms with Crippen molar-refractivity contribution in [1.82, 2.24) is 0 Å². The molecule has 2 aliphatic carbocycles. The number of rotatable bonds is 3. The summed E-state index contributed by atoms with van der Waals surface area (Å²) in [6, 6.07) is 47.5. The lowest BCUT2D eigenvalue weighted by Gasteiger charge is -2.32. The van der Waals surface area contributed by atoms with Gasteiger partial charge in [-0.1, -0.05) is 156 Å². The van der Waals surface area contributed by atoms with Crippen LogP contribution < -0.4 is 5.46 Å². The predicted octanol–water partition coefficient (Wildman–Crippen LogP) is 10.5. The van der Waals surface area contributed by atoms with E-state index in [1.54, 1.807) is 0 Å². The highest BCUT2D eigenvalue weighted by molar-refractivity contribution is 6.78. The molecule has 7 aromatic carbocycles. The fourth-order valence-corrected chi connectivity index (χ4v) is 8.64. The minimum atomic E-state index is 0.255. The van der Waals surface area contributed by atoms with E-state index in [1.165, 1.54) is 82.0 Å². The van der Waals surface area contributed by atoms with Gasteiger partial charge in [-0.25, -0.2) is 0 Å². The van der Waals surface area contributed by atoms with Gasteiger partial charge in [0.15, 0.2) is 6.71 Å². The molecule has 202 valence electrons. The van der Waals surface area contributed by atoms with Crippen molar-refractivity contribution in [1.29, 1.82) is 0 Å². The maximum Gasteiger partial charge on any atom is 0.199 e. The van der Waals surface area contributed by atoms with Crippen LogP contribution in [0.15, 0.2) is 139 Å². The number of fused-ring (bicyclic) bond motifs is 12. The molecule has 2 aliphatic rings. The van der Waals surface area contributed by atoms with Crippen LogP contribution in [0.5, 0.6) is 0 Å². The summed E-state index contributed by atoms with van der Waals surface area (Å²) >= 11 is 0. The van der Waals surface area contributed by atoms with Gasteiger partial charge in [-0.05, 0) is 90.8 Å². The Morgan fingerprint density at radius 3 is 1.12 bits per heavy atom. The highest BCUT2D eigenvalue weighted by Crippen LogP contribution is 2.53. The van der Waals surface area contributed by atoms with E-state index in [1.807, 2.05) is 0 Å². The van der Waals surface area contributed by atoms with E-state index in [2.05, 4.69) is 153 Å². The van der Waals surface area contributed by atoms with Crippen LogP contribution in [-0.2, 0) is 0 Å². The van der Waals surface area contributed by atoms with Gasteiger partial charge in [0, 0.05) is 0 Å². The molecule has 0 fully saturated rings. The zero-order chi connectivity index (χ0) is 28.7. The topological polar surface area (TPSA) is 0 Å². The molecule has 9 rings (SSSR count). The van der Waals surface area contributed by atoms with Crippen LogP contribution in [0.25, 0.3) is 55.2 Å². The first-order valence-corrected chi connectivity index (χ1v) is 15.5. The number of hydrogen-bond donors (Lipinski definition) is 0. The Morgan fingerprint density at radius 1 is 0.372 bits per heavy atom. The van der Waals surface area contributed by atoms with Gasteiger partial charge in [-0.3, -0.25) is 0 Å². The SMILES string of the molecule is CC1=Cc2c(c3ccccc3c3ccccc23)C1B(c1ccccc1)C1C(C)=Cc2c1c1ccccc1c1ccccc21. The monoisotopic (exact) mass is 546 g/mol. The van der Waals surface area contributed by atoms with Gasteiger partial charge >= 0.3 is 0 Å². The van der Waals surface area contributed by atoms with Crippen molar-refractivity contribution in [2.75, 3.05) is 0 Å². The lowest BCUT2D eigenvalue weighted by Crippen LogP contribution is -2.43. The maximum atomic E-state index is 2.50. The predicted molar refractivity (Wildman–Crippen MR) is 188 cm³/mol. The molecule has 0 spiro atoms. The molecule has 0 aromatic heterocycles. The smallest absolute Gasteiger partial charge is 0.0781 e. The van der Waals surface area contributed by atoms with Crippen LogP contribution in [0.2, 0.25) is 0 Å². The van der Waals surface area contributed by atoms with Crippen LogP contribution in [0, 0.1) is 0 Å². The third-order valence-corrected chi connectivity index (χ3v) is 10.3. The molecule has 0 saturated carbocycles. The third kappa shape index (κ3) is 3.46. The van der Waals surface area contributed by atoms with Crippen molar-refractivity contribution in [3.63, 3.8) is 0 Å². The van der Waals surface area contributed by atoms with Crippen molar-refractivity contribution >= 4 is 67.4 Å². The van der Waals surface area contributed by atoms with Gasteiger partial charge < -0.3 is 0 Å². The molecule has 0 heterocycles. The van der Waals surface area contributed by atoms with E-state index >= 15 is 0 Å². The summed E-state index contributed by atoms with van der Waals surface area (Å²) < 4.78 is 0. The third-order valence-electron chi connectivity index (χ3n) is 10.3. The minimum absolute atomic E-state index is 0.255. The fraction of sp³-hybridized carbons (Fsp3) is 0.0952. The van der Waals surface area contributed by atoms with Crippen molar-refractivity contribution in [3.8, 4) is 0 Å². The van der Waals surface area contributed by atoms with Crippen LogP contribution >= 0.6 is 0 Å². The molecular weight excluding hydrogens is 515 g/mol. The second-order valence-electron chi connectivity index (χ2n) is 12.5. The fourth-order valence-electron chi connectivity index (χ4n) is 8.64. The van der Waals surface area contributed by atoms with Gasteiger partial charge in [0.05, 0.1) is 0 Å². The number of hydrogen-bond acceptors (Lipinski definition) is 0. The molecule has 0 amide bonds. The van der Waals surface area contributed by atoms with Gasteiger partial charge in [0.25, 0.3) is 0 Å². The lowest BCUT2D eigenvalue weighted by molar-refractivity contribution is 1.03. The lowest BCUT2D eigenvalue weighted by atomic mass is 9.27. The molecule has 2 unspecified atom stereocenters. The summed E-state index contributed by atoms with van der Waals surface area (Å²) in [7, 11) is 0. The molecular formula is C42H31B. The van der Waals surface area contributed by atoms with Crippen LogP contribution in [-0.4, -0.2) is 6.71 Å². The Labute approximate surface area is 253 Å². The van der Waals surface area contributed by atoms with Crippen LogP contribution in [0.3, 0.4) is 0 Å². The summed E-state index contributed by atoms with van der Waals surface area (Å²) in [4.78, 5) is 0. The first-order valence-electron chi connectivity index (χ1n) is 15.5. The molecule has 2 atom stereocenters. The van der Waals surface area contributed by atoms with E-state index in [4.69, 9.17) is 0 Å². The van der Waals surface area contributed by atoms with Crippen LogP contribution in [0.1, 0.15) is 47.7 Å². The zero-order valence-electron chi connectivity index (χ0n) is 24.5. The van der Waals surface area contributed by atoms with E-state index in [0.29, 0.717) is 0 Å². The molecule has 0 radical (unpaired) electrons. The quantitative estimate of drug-likeness (QED) is 0.153. The minimum Gasteiger partial charge on any atom is -0.0781 e. The Kier molecular flexibility index (Phi) is 5.35. The zero-order valence-corrected chi connectivity index (χ0v) is 24.5. The van der Waals surface area contributed by atoms with Gasteiger partial charge in [0.1, 0.15) is 0 Å². The summed E-state index contributed by atoms with van der Waals surface area (Å²) in [5, 5.41) is 10.9. The Morgan fingerprint density at radius 2 is 0.698 bits per heavy atom. The highest BCUT2D eigenvalue weighted by Gasteiger charge is 2.44. The van der Waals surface area contributed by atoms with Crippen molar-refractivity contribution < 1.29 is 0 Å². The Balaban J connectivity index is 1.38. The van der Waals surface area contributed by atoms with Gasteiger partial charge in [-0.15, -0.1) is 0 Å². The second kappa shape index (κ2) is 9.31. The molecule has 0 bridgehead atoms. The van der Waals surface area contributed by atoms with E-state index in [-0.39, 0.29) is 18.3 Å². The van der Waals surface area contributed by atoms with Gasteiger partial charge in [-0.2, -0.15) is 0 Å². The average molecular weight is 547 g/mol. The summed E-state index contributed by atoms with van der Waals surface area (Å²) in [6.45, 7) is 5.00. The van der Waals surface area contributed by atoms with Crippen molar-refractivity contribution in [2.24, 2.45) is 0 Å². The van der Waals surface area contributed by atoms with Gasteiger partial charge in [0.2, 0.25) is 0 Å². The van der Waals surface area contributed by atoms with E-state index in [9.17, 15) is 0 Å². The Bertz CT molecular complexity index is 2180. The first-order chi connectivity index (χ1) is 21.2. The summed E-state index contributed by atoms with van der Waals surface area (Å²) in [5.74, 6) is 0.521. The summed E-state index contributed by atoms with van der Waals surface area (Å²) in [6.07, 6.45) is 5.00. The van der Waals surface area contributed by atoms with Crippen molar-refractivity contribution in [2.45, 2.75) is 25.5 Å². The van der Waals surface area contributed by atoms with Crippen molar-refractivity contribution in [3.05, 3.63) is 161 Å². The molecule has 7 aromatic rings. The average Bonchev–Trinajstić information content (AvgIpc) is 3.59. The largest absolute Gasteiger partial charge is 0.199 e. The standard InChI is InChI=1S/C42H31B/c1-26-24-37-33-20-8-6-16-29(33)31-18-10-12-22-35(31)39(37)41(26)43(28-14-4-3-5-15-28)42-27(2)25-38-34-21-9-7-17-30(34)32-19-11-13-23-36(32)40(38)42/h3-25,41-42H,1-2H3. The molecule has 0 N–H and O–H groups in total. The normalized spacial score (nSPS) is 17.3. The molecule has 0 aliphatic heterocycles. The van der Waals surface area contributed by atoms with E-state index in [0.717, 1.165) is 0 Å². The first kappa shape index (κ1) is 24.7. The molecule has 0 nitrogen and oxygen atoms in total. The summed E-state index contributed by atoms with van der Waals surface area (Å²) in [5.41, 5.74) is 10.1. The number of benzene rings is 7. The van der Waals surface area contributed by atoms with E-state index < -0.39 is 0 Å². The Hall–Kier alpha value is -4.88. The molecule has 0 saturated heterocycles. The second-order valence-corrected chi connectivity index (χ2v) is 12.5. The molecule has 43 heavy (non-hydrogen) atoms. The molecule has 1 heteroatoms.